The molecule has 0 fully saturated rings. The first-order valence-electron chi connectivity index (χ1n) is 6.79. The zero-order chi connectivity index (χ0) is 16.4. The van der Waals surface area contributed by atoms with Crippen molar-refractivity contribution in [3.63, 3.8) is 0 Å². The van der Waals surface area contributed by atoms with Gasteiger partial charge in [-0.3, -0.25) is 4.98 Å². The van der Waals surface area contributed by atoms with Gasteiger partial charge in [-0.05, 0) is 24.0 Å². The monoisotopic (exact) mass is 351 g/mol. The zero-order valence-electron chi connectivity index (χ0n) is 13.2. The first kappa shape index (κ1) is 18.6. The summed E-state index contributed by atoms with van der Waals surface area (Å²) in [6.45, 7) is 4.16. The molecule has 24 heavy (non-hydrogen) atoms. The van der Waals surface area contributed by atoms with E-state index in [9.17, 15) is 0 Å². The van der Waals surface area contributed by atoms with Gasteiger partial charge in [0.05, 0.1) is 23.1 Å². The van der Waals surface area contributed by atoms with E-state index in [1.165, 1.54) is 6.20 Å². The molecule has 2 aromatic heterocycles. The van der Waals surface area contributed by atoms with E-state index in [4.69, 9.17) is 23.2 Å². The number of benzene rings is 1. The van der Waals surface area contributed by atoms with Crippen LogP contribution in [0, 0.1) is 0 Å². The summed E-state index contributed by atoms with van der Waals surface area (Å²) in [5, 5.41) is 4.56. The van der Waals surface area contributed by atoms with Gasteiger partial charge in [0.25, 0.3) is 0 Å². The van der Waals surface area contributed by atoms with Gasteiger partial charge in [0.1, 0.15) is 0 Å². The van der Waals surface area contributed by atoms with Crippen LogP contribution in [0.5, 0.6) is 0 Å². The number of H-pyrrole nitrogens is 1. The second-order valence-electron chi connectivity index (χ2n) is 4.98. The molecule has 0 radical (unpaired) electrons. The smallest absolute Gasteiger partial charge is 0.439 e. The molecule has 9 heteroatoms. The Morgan fingerprint density at radius 2 is 2.08 bits per heavy atom. The number of aromatic nitrogens is 3. The summed E-state index contributed by atoms with van der Waals surface area (Å²) >= 11 is 6.37. The van der Waals surface area contributed by atoms with Crippen LogP contribution in [0.15, 0.2) is 43.0 Å². The van der Waals surface area contributed by atoms with Gasteiger partial charge in [0, 0.05) is 28.4 Å². The fourth-order valence-electron chi connectivity index (χ4n) is 2.24. The van der Waals surface area contributed by atoms with Gasteiger partial charge in [-0.1, -0.05) is 24.4 Å². The maximum atomic E-state index is 6.37. The number of rotatable bonds is 5. The predicted molar refractivity (Wildman–Crippen MR) is 91.7 cm³/mol. The quantitative estimate of drug-likeness (QED) is 0.285. The molecule has 0 saturated carbocycles. The molecule has 0 aliphatic carbocycles. The van der Waals surface area contributed by atoms with E-state index in [0.29, 0.717) is 28.9 Å². The Morgan fingerprint density at radius 3 is 2.71 bits per heavy atom. The maximum Gasteiger partial charge on any atom is 1.00 e. The molecule has 2 heterocycles. The van der Waals surface area contributed by atoms with E-state index in [1.807, 2.05) is 18.2 Å². The Labute approximate surface area is 166 Å². The molecule has 0 saturated heterocycles. The van der Waals surface area contributed by atoms with Crippen LogP contribution in [-0.2, 0) is 6.54 Å². The number of hydrogen-bond donors (Lipinski definition) is 4. The van der Waals surface area contributed by atoms with Gasteiger partial charge in [0.15, 0.2) is 0 Å². The van der Waals surface area contributed by atoms with Crippen molar-refractivity contribution < 1.29 is 29.6 Å². The van der Waals surface area contributed by atoms with E-state index in [0.717, 1.165) is 22.2 Å². The van der Waals surface area contributed by atoms with Crippen molar-refractivity contribution in [2.45, 2.75) is 6.54 Å². The molecular formula is C15H15ClN7Na. The van der Waals surface area contributed by atoms with E-state index in [-0.39, 0.29) is 29.6 Å². The van der Waals surface area contributed by atoms with Crippen LogP contribution in [0.25, 0.3) is 27.6 Å². The Kier molecular flexibility index (Phi) is 6.09. The van der Waals surface area contributed by atoms with Gasteiger partial charge in [-0.25, -0.2) is 0 Å². The van der Waals surface area contributed by atoms with Crippen LogP contribution in [-0.4, -0.2) is 15.0 Å². The van der Waals surface area contributed by atoms with Gasteiger partial charge in [-0.2, -0.15) is 0 Å². The number of aromatic amines is 1. The van der Waals surface area contributed by atoms with E-state index in [2.05, 4.69) is 32.3 Å². The second-order valence-corrected chi connectivity index (χ2v) is 5.39. The minimum absolute atomic E-state index is 0. The summed E-state index contributed by atoms with van der Waals surface area (Å²) in [6.07, 6.45) is 3.08. The molecule has 0 aliphatic rings. The van der Waals surface area contributed by atoms with E-state index in [1.54, 1.807) is 6.20 Å². The summed E-state index contributed by atoms with van der Waals surface area (Å²) in [6, 6.07) is 5.82. The maximum absolute atomic E-state index is 6.37. The fourth-order valence-corrected chi connectivity index (χ4v) is 2.51. The molecule has 0 unspecified atom stereocenters. The van der Waals surface area contributed by atoms with Crippen LogP contribution in [0.4, 0.5) is 5.82 Å². The normalized spacial score (nSPS) is 10.2. The Bertz CT molecular complexity index is 860. The molecule has 0 amide bonds. The first-order chi connectivity index (χ1) is 11.1. The van der Waals surface area contributed by atoms with Crippen molar-refractivity contribution in [2.24, 2.45) is 11.6 Å². The summed E-state index contributed by atoms with van der Waals surface area (Å²) in [7, 11) is 0. The van der Waals surface area contributed by atoms with Crippen LogP contribution < -0.4 is 46.5 Å². The summed E-state index contributed by atoms with van der Waals surface area (Å²) < 4.78 is 0. The fraction of sp³-hybridized carbons (Fsp3) is 0.0667. The number of nitrogens with two attached hydrogens (primary N) is 2. The van der Waals surface area contributed by atoms with Gasteiger partial charge in [-0.15, -0.1) is 0 Å². The van der Waals surface area contributed by atoms with Gasteiger partial charge >= 0.3 is 29.6 Å². The predicted octanol–water partition coefficient (Wildman–Crippen LogP) is -0.319. The third-order valence-electron chi connectivity index (χ3n) is 3.32. The average Bonchev–Trinajstić information content (AvgIpc) is 2.94. The molecule has 0 spiro atoms. The molecule has 0 atom stereocenters. The molecule has 0 aliphatic heterocycles. The number of hydrogen-bond acceptors (Lipinski definition) is 5. The van der Waals surface area contributed by atoms with Crippen LogP contribution in [0.3, 0.4) is 0 Å². The van der Waals surface area contributed by atoms with E-state index < -0.39 is 0 Å². The first-order valence-corrected chi connectivity index (χ1v) is 7.17. The number of halogens is 1. The molecule has 1 aromatic carbocycles. The third kappa shape index (κ3) is 4.00. The van der Waals surface area contributed by atoms with Crippen molar-refractivity contribution >= 4 is 28.3 Å². The molecule has 3 rings (SSSR count). The van der Waals surface area contributed by atoms with E-state index >= 15 is 0 Å². The van der Waals surface area contributed by atoms with Crippen LogP contribution in [0.1, 0.15) is 5.69 Å². The average molecular weight is 352 g/mol. The Morgan fingerprint density at radius 1 is 1.29 bits per heavy atom. The Balaban J connectivity index is 0.00000208. The zero-order valence-corrected chi connectivity index (χ0v) is 15.9. The molecule has 0 bridgehead atoms. The molecule has 6 N–H and O–H groups in total. The van der Waals surface area contributed by atoms with Crippen LogP contribution in [0.2, 0.25) is 5.02 Å². The molecule has 7 nitrogen and oxygen atoms in total. The SMILES string of the molecule is C=C(N)NCc1cc2cc(Cl)c(-c3cnc([N-]N)cn3)cc2[nH]1.[Na+]. The van der Waals surface area contributed by atoms with Gasteiger partial charge in [0.2, 0.25) is 0 Å². The van der Waals surface area contributed by atoms with Crippen molar-refractivity contribution in [3.8, 4) is 11.3 Å². The van der Waals surface area contributed by atoms with Crippen molar-refractivity contribution in [3.05, 3.63) is 59.1 Å². The molecule has 3 aromatic rings. The minimum Gasteiger partial charge on any atom is -0.439 e. The minimum atomic E-state index is 0. The number of nitrogens with one attached hydrogen (secondary N) is 2. The number of nitrogens with zero attached hydrogens (tertiary/aromatic N) is 3. The topological polar surface area (TPSA) is 120 Å². The summed E-state index contributed by atoms with van der Waals surface area (Å²) in [5.41, 5.74) is 12.3. The van der Waals surface area contributed by atoms with Crippen molar-refractivity contribution in [2.75, 3.05) is 0 Å². The molecular weight excluding hydrogens is 337 g/mol. The Hall–Kier alpha value is -1.77. The standard InChI is InChI=1S/C15H15ClN7.Na/c1-8(17)19-5-10-2-9-3-12(16)11(4-13(9)22-10)14-6-21-15(23-18)7-20-14;/h2-4,6-7,19,22H,1,5,17-18H2;/q-1;+1. The summed E-state index contributed by atoms with van der Waals surface area (Å²) in [4.78, 5) is 11.7. The summed E-state index contributed by atoms with van der Waals surface area (Å²) in [5.74, 6) is 5.95. The second kappa shape index (κ2) is 7.87. The largest absolute Gasteiger partial charge is 1.00 e. The molecule has 118 valence electrons. The third-order valence-corrected chi connectivity index (χ3v) is 3.63. The number of fused-ring (bicyclic) bond motifs is 1. The van der Waals surface area contributed by atoms with Crippen molar-refractivity contribution in [1.82, 2.24) is 20.3 Å². The van der Waals surface area contributed by atoms with Crippen molar-refractivity contribution in [1.29, 1.82) is 0 Å². The van der Waals surface area contributed by atoms with Crippen LogP contribution >= 0.6 is 11.6 Å². The van der Waals surface area contributed by atoms with Gasteiger partial charge < -0.3 is 32.3 Å².